The van der Waals surface area contributed by atoms with Crippen LogP contribution in [0.5, 0.6) is 5.75 Å². The predicted molar refractivity (Wildman–Crippen MR) is 132 cm³/mol. The molecule has 4 rings (SSSR count). The maximum Gasteiger partial charge on any atom is 0.134 e. The minimum absolute atomic E-state index is 0.250. The molecule has 0 bridgehead atoms. The zero-order valence-corrected chi connectivity index (χ0v) is 19.5. The van der Waals surface area contributed by atoms with Crippen molar-refractivity contribution in [3.8, 4) is 5.75 Å². The number of aliphatic hydroxyl groups is 1. The lowest BCUT2D eigenvalue weighted by Gasteiger charge is -2.15. The average molecular weight is 423 g/mol. The van der Waals surface area contributed by atoms with E-state index in [4.69, 9.17) is 9.84 Å². The number of nitrogens with one attached hydrogen (secondary N) is 2. The second-order valence-corrected chi connectivity index (χ2v) is 8.02. The van der Waals surface area contributed by atoms with Crippen LogP contribution in [-0.2, 0) is 0 Å². The molecule has 2 aromatic heterocycles. The number of H-pyrrole nitrogens is 1. The molecule has 4 aromatic rings. The number of aromatic amines is 1. The monoisotopic (exact) mass is 422 g/mol. The number of aromatic nitrogens is 2. The molecule has 0 atom stereocenters. The number of aryl methyl sites for hydroxylation is 2. The standard InChI is InChI=1S/C23H28N4O.C2H6O/c1-14-17-9-11-25-23(24-10-6-12-27(3)4)21(17)15(2)20-18-13-16(28-5)7-8-19(18)26-22(14)20;1-2-3/h7-9,11,13,26H,6,10,12H2,1-5H3,(H,24,25);3H,2H2,1H3. The molecule has 2 aromatic carbocycles. The Bertz CT molecular complexity index is 1180. The van der Waals surface area contributed by atoms with Crippen molar-refractivity contribution in [2.24, 2.45) is 0 Å². The highest BCUT2D eigenvalue weighted by atomic mass is 16.5. The van der Waals surface area contributed by atoms with Gasteiger partial charge >= 0.3 is 0 Å². The van der Waals surface area contributed by atoms with E-state index in [1.165, 1.54) is 38.2 Å². The first kappa shape index (κ1) is 22.8. The fourth-order valence-corrected chi connectivity index (χ4v) is 4.12. The Morgan fingerprint density at radius 3 is 2.52 bits per heavy atom. The summed E-state index contributed by atoms with van der Waals surface area (Å²) in [6.45, 7) is 8.28. The number of aliphatic hydroxyl groups excluding tert-OH is 1. The molecule has 6 nitrogen and oxygen atoms in total. The van der Waals surface area contributed by atoms with Crippen LogP contribution < -0.4 is 10.1 Å². The summed E-state index contributed by atoms with van der Waals surface area (Å²) >= 11 is 0. The van der Waals surface area contributed by atoms with Crippen molar-refractivity contribution in [3.63, 3.8) is 0 Å². The van der Waals surface area contributed by atoms with Crippen LogP contribution in [0.1, 0.15) is 24.5 Å². The van der Waals surface area contributed by atoms with Gasteiger partial charge in [-0.05, 0) is 88.6 Å². The summed E-state index contributed by atoms with van der Waals surface area (Å²) in [6.07, 6.45) is 2.98. The van der Waals surface area contributed by atoms with Gasteiger partial charge in [0.15, 0.2) is 0 Å². The van der Waals surface area contributed by atoms with Crippen LogP contribution in [0.2, 0.25) is 0 Å². The maximum absolute atomic E-state index is 7.57. The third-order valence-corrected chi connectivity index (χ3v) is 5.56. The SMILES string of the molecule is CCO.COc1ccc2[nH]c3c(C)c4ccnc(NCCCN(C)C)c4c(C)c3c2c1. The Hall–Kier alpha value is -2.83. The molecule has 31 heavy (non-hydrogen) atoms. The molecule has 0 radical (unpaired) electrons. The summed E-state index contributed by atoms with van der Waals surface area (Å²) in [7, 11) is 5.92. The average Bonchev–Trinajstić information content (AvgIpc) is 3.14. The number of fused-ring (bicyclic) bond motifs is 4. The lowest BCUT2D eigenvalue weighted by Crippen LogP contribution is -2.16. The number of nitrogens with zero attached hydrogens (tertiary/aromatic N) is 2. The highest BCUT2D eigenvalue weighted by Crippen LogP contribution is 2.39. The zero-order valence-electron chi connectivity index (χ0n) is 19.5. The van der Waals surface area contributed by atoms with E-state index in [1.54, 1.807) is 14.0 Å². The molecule has 0 saturated carbocycles. The largest absolute Gasteiger partial charge is 0.497 e. The number of methoxy groups -OCH3 is 1. The number of hydrogen-bond donors (Lipinski definition) is 3. The topological polar surface area (TPSA) is 73.4 Å². The van der Waals surface area contributed by atoms with Gasteiger partial charge in [-0.15, -0.1) is 0 Å². The lowest BCUT2D eigenvalue weighted by molar-refractivity contribution is 0.318. The van der Waals surface area contributed by atoms with E-state index in [2.05, 4.69) is 66.3 Å². The van der Waals surface area contributed by atoms with Crippen LogP contribution in [0, 0.1) is 13.8 Å². The minimum atomic E-state index is 0.250. The molecule has 0 aliphatic carbocycles. The van der Waals surface area contributed by atoms with Crippen LogP contribution in [0.25, 0.3) is 32.6 Å². The number of rotatable bonds is 6. The van der Waals surface area contributed by atoms with Crippen molar-refractivity contribution in [1.29, 1.82) is 0 Å². The number of ether oxygens (including phenoxy) is 1. The lowest BCUT2D eigenvalue weighted by atomic mass is 9.96. The third kappa shape index (κ3) is 4.60. The number of anilines is 1. The summed E-state index contributed by atoms with van der Waals surface area (Å²) in [6, 6.07) is 8.33. The molecule has 0 amide bonds. The van der Waals surface area contributed by atoms with Gasteiger partial charge in [0.2, 0.25) is 0 Å². The van der Waals surface area contributed by atoms with Crippen LogP contribution in [0.4, 0.5) is 5.82 Å². The van der Waals surface area contributed by atoms with Gasteiger partial charge in [-0.3, -0.25) is 0 Å². The first-order valence-corrected chi connectivity index (χ1v) is 10.8. The molecule has 0 aliphatic heterocycles. The minimum Gasteiger partial charge on any atom is -0.497 e. The molecule has 166 valence electrons. The first-order valence-electron chi connectivity index (χ1n) is 10.8. The van der Waals surface area contributed by atoms with E-state index in [9.17, 15) is 0 Å². The first-order chi connectivity index (χ1) is 14.9. The van der Waals surface area contributed by atoms with Gasteiger partial charge in [0.1, 0.15) is 11.6 Å². The van der Waals surface area contributed by atoms with Gasteiger partial charge in [0.25, 0.3) is 0 Å². The number of hydrogen-bond acceptors (Lipinski definition) is 5. The summed E-state index contributed by atoms with van der Waals surface area (Å²) in [5, 5.41) is 16.0. The zero-order chi connectivity index (χ0) is 22.5. The van der Waals surface area contributed by atoms with E-state index < -0.39 is 0 Å². The van der Waals surface area contributed by atoms with Crippen molar-refractivity contribution < 1.29 is 9.84 Å². The molecule has 2 heterocycles. The van der Waals surface area contributed by atoms with E-state index in [-0.39, 0.29) is 6.61 Å². The summed E-state index contributed by atoms with van der Waals surface area (Å²) in [5.74, 6) is 1.84. The molecule has 0 unspecified atom stereocenters. The van der Waals surface area contributed by atoms with E-state index in [1.807, 2.05) is 12.3 Å². The number of benzene rings is 2. The van der Waals surface area contributed by atoms with Gasteiger partial charge in [0, 0.05) is 41.0 Å². The second-order valence-electron chi connectivity index (χ2n) is 8.02. The molecular weight excluding hydrogens is 388 g/mol. The Morgan fingerprint density at radius 2 is 1.84 bits per heavy atom. The Morgan fingerprint density at radius 1 is 1.10 bits per heavy atom. The molecule has 0 fully saturated rings. The Labute approximate surface area is 184 Å². The fraction of sp³-hybridized carbons (Fsp3) is 0.400. The van der Waals surface area contributed by atoms with Crippen molar-refractivity contribution >= 4 is 38.4 Å². The highest BCUT2D eigenvalue weighted by molar-refractivity contribution is 6.18. The van der Waals surface area contributed by atoms with Crippen LogP contribution in [0.15, 0.2) is 30.5 Å². The van der Waals surface area contributed by atoms with Crippen molar-refractivity contribution in [2.45, 2.75) is 27.2 Å². The molecule has 0 saturated heterocycles. The molecule has 6 heteroatoms. The van der Waals surface area contributed by atoms with Gasteiger partial charge in [-0.25, -0.2) is 4.98 Å². The van der Waals surface area contributed by atoms with Crippen LogP contribution in [-0.4, -0.2) is 60.9 Å². The Balaban J connectivity index is 0.000000858. The predicted octanol–water partition coefficient (Wildman–Crippen LogP) is 4.86. The van der Waals surface area contributed by atoms with E-state index in [0.29, 0.717) is 0 Å². The smallest absolute Gasteiger partial charge is 0.134 e. The van der Waals surface area contributed by atoms with Crippen molar-refractivity contribution in [1.82, 2.24) is 14.9 Å². The van der Waals surface area contributed by atoms with Gasteiger partial charge < -0.3 is 25.0 Å². The number of pyridine rings is 1. The highest BCUT2D eigenvalue weighted by Gasteiger charge is 2.17. The molecule has 3 N–H and O–H groups in total. The summed E-state index contributed by atoms with van der Waals surface area (Å²) < 4.78 is 5.46. The fourth-order valence-electron chi connectivity index (χ4n) is 4.12. The second kappa shape index (κ2) is 9.98. The van der Waals surface area contributed by atoms with Crippen LogP contribution >= 0.6 is 0 Å². The molecule has 0 aliphatic rings. The van der Waals surface area contributed by atoms with Gasteiger partial charge in [-0.2, -0.15) is 0 Å². The van der Waals surface area contributed by atoms with Gasteiger partial charge in [-0.1, -0.05) is 0 Å². The molecule has 0 spiro atoms. The molecular formula is C25H34N4O2. The summed E-state index contributed by atoms with van der Waals surface area (Å²) in [5.41, 5.74) is 4.83. The van der Waals surface area contributed by atoms with Crippen molar-refractivity contribution in [2.75, 3.05) is 46.2 Å². The summed E-state index contributed by atoms with van der Waals surface area (Å²) in [4.78, 5) is 10.5. The third-order valence-electron chi connectivity index (χ3n) is 5.56. The van der Waals surface area contributed by atoms with Gasteiger partial charge in [0.05, 0.1) is 12.6 Å². The maximum atomic E-state index is 7.57. The Kier molecular flexibility index (Phi) is 7.36. The van der Waals surface area contributed by atoms with E-state index in [0.717, 1.165) is 36.6 Å². The normalized spacial score (nSPS) is 11.2. The van der Waals surface area contributed by atoms with Crippen molar-refractivity contribution in [3.05, 3.63) is 41.6 Å². The quantitative estimate of drug-likeness (QED) is 0.387. The van der Waals surface area contributed by atoms with Crippen LogP contribution in [0.3, 0.4) is 0 Å². The van der Waals surface area contributed by atoms with E-state index >= 15 is 0 Å².